The monoisotopic (exact) mass is 386 g/mol. The van der Waals surface area contributed by atoms with Gasteiger partial charge >= 0.3 is 0 Å². The van der Waals surface area contributed by atoms with Crippen LogP contribution in [0.2, 0.25) is 0 Å². The summed E-state index contributed by atoms with van der Waals surface area (Å²) in [6.45, 7) is 7.45. The molecule has 5 rings (SSSR count). The highest BCUT2D eigenvalue weighted by molar-refractivity contribution is 5.91. The third-order valence-corrected chi connectivity index (χ3v) is 7.08. The number of hydrogen-bond acceptors (Lipinski definition) is 4. The van der Waals surface area contributed by atoms with E-state index in [9.17, 15) is 5.26 Å². The SMILES string of the molecule is CCC1(CC)C=C(c2nc(C)c(C#N)o2)n2c3c(c4ccccc42)CCN(C)[C@H]31. The number of para-hydroxylation sites is 1. The summed E-state index contributed by atoms with van der Waals surface area (Å²) in [4.78, 5) is 7.16. The Morgan fingerprint density at radius 2 is 2.03 bits per heavy atom. The molecule has 0 unspecified atom stereocenters. The molecule has 0 aliphatic carbocycles. The maximum Gasteiger partial charge on any atom is 0.244 e. The highest BCUT2D eigenvalue weighted by Crippen LogP contribution is 2.54. The van der Waals surface area contributed by atoms with Crippen molar-refractivity contribution in [2.45, 2.75) is 46.1 Å². The zero-order valence-corrected chi connectivity index (χ0v) is 17.5. The predicted octanol–water partition coefficient (Wildman–Crippen LogP) is 5.05. The fourth-order valence-corrected chi connectivity index (χ4v) is 5.50. The van der Waals surface area contributed by atoms with Gasteiger partial charge in [0.1, 0.15) is 11.8 Å². The van der Waals surface area contributed by atoms with Crippen molar-refractivity contribution in [3.05, 3.63) is 58.9 Å². The summed E-state index contributed by atoms with van der Waals surface area (Å²) in [6, 6.07) is 11.1. The van der Waals surface area contributed by atoms with Gasteiger partial charge in [0.2, 0.25) is 11.7 Å². The maximum absolute atomic E-state index is 9.40. The van der Waals surface area contributed by atoms with Gasteiger partial charge in [0.15, 0.2) is 0 Å². The van der Waals surface area contributed by atoms with Gasteiger partial charge in [0.25, 0.3) is 0 Å². The first kappa shape index (κ1) is 18.2. The van der Waals surface area contributed by atoms with Crippen LogP contribution in [-0.2, 0) is 6.42 Å². The first-order valence-electron chi connectivity index (χ1n) is 10.5. The Hall–Kier alpha value is -2.84. The van der Waals surface area contributed by atoms with E-state index in [1.807, 2.05) is 6.92 Å². The number of likely N-dealkylation sites (N-methyl/N-ethyl adjacent to an activating group) is 1. The standard InChI is InChI=1S/C24H26N4O/c1-5-24(6-2)13-19(23-26-15(3)20(14-25)29-23)28-18-10-8-7-9-16(18)17-11-12-27(4)22(24)21(17)28/h7-10,13,22H,5-6,11-12H2,1-4H3/t22-/m1/s1. The van der Waals surface area contributed by atoms with E-state index in [-0.39, 0.29) is 5.41 Å². The van der Waals surface area contributed by atoms with Crippen LogP contribution < -0.4 is 0 Å². The maximum atomic E-state index is 9.40. The molecule has 0 saturated heterocycles. The molecular formula is C24H26N4O. The molecule has 2 aromatic heterocycles. The number of nitriles is 1. The highest BCUT2D eigenvalue weighted by atomic mass is 16.4. The van der Waals surface area contributed by atoms with Crippen molar-refractivity contribution < 1.29 is 4.42 Å². The lowest BCUT2D eigenvalue weighted by molar-refractivity contribution is 0.0939. The number of aromatic nitrogens is 2. The smallest absolute Gasteiger partial charge is 0.244 e. The summed E-state index contributed by atoms with van der Waals surface area (Å²) in [6.07, 6.45) is 5.48. The van der Waals surface area contributed by atoms with Gasteiger partial charge in [-0.2, -0.15) is 5.26 Å². The Kier molecular flexibility index (Phi) is 3.97. The van der Waals surface area contributed by atoms with Crippen LogP contribution in [0.1, 0.15) is 61.3 Å². The van der Waals surface area contributed by atoms with Crippen LogP contribution in [0.4, 0.5) is 0 Å². The van der Waals surface area contributed by atoms with Crippen molar-refractivity contribution in [1.29, 1.82) is 5.26 Å². The van der Waals surface area contributed by atoms with E-state index in [1.165, 1.54) is 22.2 Å². The summed E-state index contributed by atoms with van der Waals surface area (Å²) in [5, 5.41) is 10.7. The lowest BCUT2D eigenvalue weighted by atomic mass is 9.69. The third-order valence-electron chi connectivity index (χ3n) is 7.08. The van der Waals surface area contributed by atoms with Gasteiger partial charge in [0.05, 0.1) is 17.3 Å². The van der Waals surface area contributed by atoms with Crippen molar-refractivity contribution in [2.75, 3.05) is 13.6 Å². The normalized spacial score (nSPS) is 20.4. The van der Waals surface area contributed by atoms with E-state index in [4.69, 9.17) is 4.42 Å². The second kappa shape index (κ2) is 6.33. The first-order valence-corrected chi connectivity index (χ1v) is 10.5. The number of oxazole rings is 1. The molecule has 0 bridgehead atoms. The quantitative estimate of drug-likeness (QED) is 0.632. The lowest BCUT2D eigenvalue weighted by Crippen LogP contribution is -2.45. The number of benzene rings is 1. The van der Waals surface area contributed by atoms with Crippen LogP contribution in [-0.4, -0.2) is 28.0 Å². The molecule has 0 spiro atoms. The number of fused-ring (bicyclic) bond motifs is 3. The first-order chi connectivity index (χ1) is 14.0. The van der Waals surface area contributed by atoms with Crippen molar-refractivity contribution in [1.82, 2.24) is 14.5 Å². The summed E-state index contributed by atoms with van der Waals surface area (Å²) in [5.41, 5.74) is 5.63. The predicted molar refractivity (Wildman–Crippen MR) is 113 cm³/mol. The molecule has 2 aliphatic rings. The van der Waals surface area contributed by atoms with Gasteiger partial charge < -0.3 is 8.98 Å². The zero-order valence-electron chi connectivity index (χ0n) is 17.5. The van der Waals surface area contributed by atoms with Gasteiger partial charge in [-0.15, -0.1) is 0 Å². The summed E-state index contributed by atoms with van der Waals surface area (Å²) >= 11 is 0. The van der Waals surface area contributed by atoms with Crippen LogP contribution >= 0.6 is 0 Å². The molecular weight excluding hydrogens is 360 g/mol. The Balaban J connectivity index is 1.89. The fraction of sp³-hybridized carbons (Fsp3) is 0.417. The molecule has 148 valence electrons. The highest BCUT2D eigenvalue weighted by Gasteiger charge is 2.47. The van der Waals surface area contributed by atoms with E-state index >= 15 is 0 Å². The third kappa shape index (κ3) is 2.33. The van der Waals surface area contributed by atoms with E-state index in [0.717, 1.165) is 31.5 Å². The van der Waals surface area contributed by atoms with Gasteiger partial charge in [-0.3, -0.25) is 4.90 Å². The molecule has 1 aromatic carbocycles. The van der Waals surface area contributed by atoms with Crippen LogP contribution in [0.3, 0.4) is 0 Å². The van der Waals surface area contributed by atoms with Gasteiger partial charge in [-0.25, -0.2) is 4.98 Å². The van der Waals surface area contributed by atoms with Crippen molar-refractivity contribution in [3.8, 4) is 6.07 Å². The molecule has 0 N–H and O–H groups in total. The molecule has 2 aliphatic heterocycles. The van der Waals surface area contributed by atoms with E-state index in [0.29, 0.717) is 23.4 Å². The molecule has 4 heterocycles. The minimum absolute atomic E-state index is 0.00118. The van der Waals surface area contributed by atoms with Gasteiger partial charge in [-0.1, -0.05) is 32.0 Å². The molecule has 5 heteroatoms. The van der Waals surface area contributed by atoms with E-state index < -0.39 is 0 Å². The van der Waals surface area contributed by atoms with E-state index in [2.05, 4.69) is 71.8 Å². The molecule has 0 fully saturated rings. The number of nitrogens with zero attached hydrogens (tertiary/aromatic N) is 4. The molecule has 0 radical (unpaired) electrons. The Labute approximate surface area is 171 Å². The van der Waals surface area contributed by atoms with Crippen LogP contribution in [0.5, 0.6) is 0 Å². The molecule has 5 nitrogen and oxygen atoms in total. The topological polar surface area (TPSA) is 58.0 Å². The number of hydrogen-bond donors (Lipinski definition) is 0. The van der Waals surface area contributed by atoms with Crippen molar-refractivity contribution >= 4 is 16.6 Å². The molecule has 29 heavy (non-hydrogen) atoms. The minimum Gasteiger partial charge on any atom is -0.424 e. The number of aryl methyl sites for hydroxylation is 1. The summed E-state index contributed by atoms with van der Waals surface area (Å²) < 4.78 is 8.29. The van der Waals surface area contributed by atoms with Gasteiger partial charge in [0, 0.05) is 23.0 Å². The Morgan fingerprint density at radius 3 is 2.72 bits per heavy atom. The second-order valence-corrected chi connectivity index (χ2v) is 8.36. The Bertz CT molecular complexity index is 1190. The lowest BCUT2D eigenvalue weighted by Gasteiger charge is -2.48. The van der Waals surface area contributed by atoms with Crippen LogP contribution in [0, 0.1) is 23.7 Å². The zero-order chi connectivity index (χ0) is 20.3. The second-order valence-electron chi connectivity index (χ2n) is 8.36. The van der Waals surface area contributed by atoms with Crippen molar-refractivity contribution in [3.63, 3.8) is 0 Å². The van der Waals surface area contributed by atoms with E-state index in [1.54, 1.807) is 0 Å². The van der Waals surface area contributed by atoms with Crippen LogP contribution in [0.25, 0.3) is 16.6 Å². The number of rotatable bonds is 3. The largest absolute Gasteiger partial charge is 0.424 e. The van der Waals surface area contributed by atoms with Crippen LogP contribution in [0.15, 0.2) is 34.8 Å². The summed E-state index contributed by atoms with van der Waals surface area (Å²) in [5.74, 6) is 0.838. The average molecular weight is 386 g/mol. The molecule has 0 amide bonds. The molecule has 1 atom stereocenters. The minimum atomic E-state index is -0.00118. The van der Waals surface area contributed by atoms with Gasteiger partial charge in [-0.05, 0) is 50.9 Å². The average Bonchev–Trinajstić information content (AvgIpc) is 3.29. The Morgan fingerprint density at radius 1 is 1.28 bits per heavy atom. The fourth-order valence-electron chi connectivity index (χ4n) is 5.50. The summed E-state index contributed by atoms with van der Waals surface area (Å²) in [7, 11) is 2.25. The van der Waals surface area contributed by atoms with Crippen molar-refractivity contribution in [2.24, 2.45) is 5.41 Å². The molecule has 0 saturated carbocycles. The molecule has 3 aromatic rings.